The van der Waals surface area contributed by atoms with E-state index >= 15 is 0 Å². The van der Waals surface area contributed by atoms with Crippen molar-refractivity contribution >= 4 is 23.5 Å². The molecule has 2 aromatic rings. The van der Waals surface area contributed by atoms with E-state index in [1.807, 2.05) is 26.0 Å². The highest BCUT2D eigenvalue weighted by atomic mass is 35.5. The molecule has 0 spiro atoms. The third kappa shape index (κ3) is 3.20. The summed E-state index contributed by atoms with van der Waals surface area (Å²) in [5, 5.41) is 9.96. The van der Waals surface area contributed by atoms with Crippen LogP contribution >= 0.6 is 11.6 Å². The summed E-state index contributed by atoms with van der Waals surface area (Å²) in [5.74, 6) is 0. The summed E-state index contributed by atoms with van der Waals surface area (Å²) in [7, 11) is 0. The van der Waals surface area contributed by atoms with Gasteiger partial charge in [0.15, 0.2) is 0 Å². The molecule has 0 saturated heterocycles. The maximum absolute atomic E-state index is 11.2. The Morgan fingerprint density at radius 1 is 1.42 bits per heavy atom. The minimum absolute atomic E-state index is 0.0350. The standard InChI is InChI=1S/C13H13ClN4O/c1-8-3-4-10(9(2)5-8)6-15-17-11-7-16-18-13(19)12(11)14/h3-7H,1-2H3,(H2,17,18,19)/b15-6-. The Kier molecular flexibility index (Phi) is 3.97. The van der Waals surface area contributed by atoms with E-state index in [4.69, 9.17) is 11.6 Å². The maximum atomic E-state index is 11.2. The molecule has 1 heterocycles. The molecule has 6 heteroatoms. The molecule has 98 valence electrons. The second-order valence-electron chi connectivity index (χ2n) is 4.16. The Hall–Kier alpha value is -2.14. The highest BCUT2D eigenvalue weighted by Crippen LogP contribution is 2.14. The van der Waals surface area contributed by atoms with Gasteiger partial charge in [0.25, 0.3) is 5.56 Å². The van der Waals surface area contributed by atoms with Gasteiger partial charge in [-0.25, -0.2) is 5.10 Å². The Labute approximate surface area is 115 Å². The Morgan fingerprint density at radius 3 is 2.95 bits per heavy atom. The lowest BCUT2D eigenvalue weighted by Gasteiger charge is -2.03. The van der Waals surface area contributed by atoms with Gasteiger partial charge in [0.05, 0.1) is 12.4 Å². The molecule has 2 N–H and O–H groups in total. The van der Waals surface area contributed by atoms with Crippen molar-refractivity contribution in [1.82, 2.24) is 10.2 Å². The predicted octanol–water partition coefficient (Wildman–Crippen LogP) is 2.49. The number of hydrogen-bond acceptors (Lipinski definition) is 4. The number of nitrogens with zero attached hydrogens (tertiary/aromatic N) is 2. The van der Waals surface area contributed by atoms with Crippen LogP contribution in [0.1, 0.15) is 16.7 Å². The van der Waals surface area contributed by atoms with E-state index in [1.54, 1.807) is 6.21 Å². The van der Waals surface area contributed by atoms with E-state index in [2.05, 4.69) is 26.8 Å². The first-order chi connectivity index (χ1) is 9.08. The van der Waals surface area contributed by atoms with Crippen molar-refractivity contribution in [2.24, 2.45) is 5.10 Å². The van der Waals surface area contributed by atoms with E-state index in [-0.39, 0.29) is 5.02 Å². The predicted molar refractivity (Wildman–Crippen MR) is 77.0 cm³/mol. The van der Waals surface area contributed by atoms with Crippen molar-refractivity contribution < 1.29 is 0 Å². The van der Waals surface area contributed by atoms with Crippen LogP contribution < -0.4 is 11.0 Å². The number of hydrazone groups is 1. The number of H-pyrrole nitrogens is 1. The van der Waals surface area contributed by atoms with Gasteiger partial charge in [0.1, 0.15) is 10.7 Å². The summed E-state index contributed by atoms with van der Waals surface area (Å²) in [6, 6.07) is 6.06. The van der Waals surface area contributed by atoms with Crippen molar-refractivity contribution in [2.75, 3.05) is 5.43 Å². The second kappa shape index (κ2) is 5.67. The normalized spacial score (nSPS) is 10.9. The van der Waals surface area contributed by atoms with Crippen molar-refractivity contribution in [3.05, 3.63) is 56.5 Å². The van der Waals surface area contributed by atoms with Crippen LogP contribution in [-0.4, -0.2) is 16.4 Å². The lowest BCUT2D eigenvalue weighted by Crippen LogP contribution is -2.10. The third-order valence-corrected chi connectivity index (χ3v) is 2.98. The molecular weight excluding hydrogens is 264 g/mol. The van der Waals surface area contributed by atoms with Crippen molar-refractivity contribution in [1.29, 1.82) is 0 Å². The van der Waals surface area contributed by atoms with E-state index in [9.17, 15) is 4.79 Å². The van der Waals surface area contributed by atoms with Crippen LogP contribution in [0.2, 0.25) is 5.02 Å². The number of nitrogens with one attached hydrogen (secondary N) is 2. The summed E-state index contributed by atoms with van der Waals surface area (Å²) in [6.45, 7) is 4.05. The lowest BCUT2D eigenvalue weighted by molar-refractivity contribution is 0.987. The van der Waals surface area contributed by atoms with E-state index in [1.165, 1.54) is 11.8 Å². The molecule has 0 saturated carbocycles. The fourth-order valence-corrected chi connectivity index (χ4v) is 1.74. The van der Waals surface area contributed by atoms with Gasteiger partial charge in [0.2, 0.25) is 0 Å². The van der Waals surface area contributed by atoms with Crippen LogP contribution in [0.4, 0.5) is 5.69 Å². The van der Waals surface area contributed by atoms with Crippen LogP contribution in [-0.2, 0) is 0 Å². The Balaban J connectivity index is 2.16. The molecular formula is C13H13ClN4O. The van der Waals surface area contributed by atoms with Gasteiger partial charge in [0, 0.05) is 0 Å². The largest absolute Gasteiger partial charge is 0.285 e. The first-order valence-electron chi connectivity index (χ1n) is 5.67. The molecule has 1 aromatic heterocycles. The van der Waals surface area contributed by atoms with Crippen LogP contribution in [0.15, 0.2) is 34.3 Å². The molecule has 2 rings (SSSR count). The second-order valence-corrected chi connectivity index (χ2v) is 4.53. The van der Waals surface area contributed by atoms with Gasteiger partial charge >= 0.3 is 0 Å². The quantitative estimate of drug-likeness (QED) is 0.668. The number of benzene rings is 1. The Bertz CT molecular complexity index is 679. The van der Waals surface area contributed by atoms with Crippen LogP contribution in [0.5, 0.6) is 0 Å². The lowest BCUT2D eigenvalue weighted by atomic mass is 10.1. The topological polar surface area (TPSA) is 70.1 Å². The monoisotopic (exact) mass is 276 g/mol. The summed E-state index contributed by atoms with van der Waals surface area (Å²) in [6.07, 6.45) is 3.08. The number of anilines is 1. The summed E-state index contributed by atoms with van der Waals surface area (Å²) in [4.78, 5) is 11.2. The molecule has 19 heavy (non-hydrogen) atoms. The number of aryl methyl sites for hydroxylation is 2. The van der Waals surface area contributed by atoms with Gasteiger partial charge in [-0.3, -0.25) is 10.2 Å². The van der Waals surface area contributed by atoms with Crippen LogP contribution in [0.25, 0.3) is 0 Å². The Morgan fingerprint density at radius 2 is 2.21 bits per heavy atom. The molecule has 1 aromatic carbocycles. The molecule has 0 radical (unpaired) electrons. The molecule has 0 aliphatic heterocycles. The van der Waals surface area contributed by atoms with Crippen molar-refractivity contribution in [3.8, 4) is 0 Å². The number of aromatic amines is 1. The van der Waals surface area contributed by atoms with Gasteiger partial charge in [-0.05, 0) is 25.0 Å². The average Bonchev–Trinajstić information content (AvgIpc) is 2.37. The summed E-state index contributed by atoms with van der Waals surface area (Å²) >= 11 is 5.81. The molecule has 0 aliphatic rings. The van der Waals surface area contributed by atoms with Gasteiger partial charge in [-0.2, -0.15) is 10.2 Å². The SMILES string of the molecule is Cc1ccc(/C=N\Nc2cn[nH]c(=O)c2Cl)c(C)c1. The van der Waals surface area contributed by atoms with Gasteiger partial charge < -0.3 is 0 Å². The smallest absolute Gasteiger partial charge is 0.275 e. The molecule has 0 atom stereocenters. The van der Waals surface area contributed by atoms with Crippen molar-refractivity contribution in [3.63, 3.8) is 0 Å². The van der Waals surface area contributed by atoms with Gasteiger partial charge in [-0.1, -0.05) is 35.4 Å². The summed E-state index contributed by atoms with van der Waals surface area (Å²) in [5.41, 5.74) is 5.93. The first-order valence-corrected chi connectivity index (χ1v) is 6.05. The van der Waals surface area contributed by atoms with Crippen molar-refractivity contribution in [2.45, 2.75) is 13.8 Å². The molecule has 0 bridgehead atoms. The summed E-state index contributed by atoms with van der Waals surface area (Å²) < 4.78 is 0. The number of rotatable bonds is 3. The van der Waals surface area contributed by atoms with E-state index < -0.39 is 5.56 Å². The third-order valence-electron chi connectivity index (χ3n) is 2.61. The fraction of sp³-hybridized carbons (Fsp3) is 0.154. The zero-order valence-corrected chi connectivity index (χ0v) is 11.3. The average molecular weight is 277 g/mol. The highest BCUT2D eigenvalue weighted by molar-refractivity contribution is 6.32. The van der Waals surface area contributed by atoms with Crippen LogP contribution in [0, 0.1) is 13.8 Å². The zero-order chi connectivity index (χ0) is 13.8. The van der Waals surface area contributed by atoms with E-state index in [0.717, 1.165) is 11.1 Å². The maximum Gasteiger partial charge on any atom is 0.285 e. The highest BCUT2D eigenvalue weighted by Gasteiger charge is 2.03. The molecule has 0 amide bonds. The minimum atomic E-state index is -0.451. The zero-order valence-electron chi connectivity index (χ0n) is 10.6. The fourth-order valence-electron chi connectivity index (χ4n) is 1.60. The van der Waals surface area contributed by atoms with E-state index in [0.29, 0.717) is 5.69 Å². The first kappa shape index (κ1) is 13.3. The number of hydrogen-bond donors (Lipinski definition) is 2. The molecule has 5 nitrogen and oxygen atoms in total. The molecule has 0 fully saturated rings. The number of aromatic nitrogens is 2. The molecule has 0 aliphatic carbocycles. The van der Waals surface area contributed by atoms with Gasteiger partial charge in [-0.15, -0.1) is 0 Å². The number of halogens is 1. The van der Waals surface area contributed by atoms with Crippen LogP contribution in [0.3, 0.4) is 0 Å². The molecule has 0 unspecified atom stereocenters. The minimum Gasteiger partial charge on any atom is -0.275 e.